The molecule has 7 nitrogen and oxygen atoms in total. The molecule has 45 heavy (non-hydrogen) atoms. The highest BCUT2D eigenvalue weighted by Crippen LogP contribution is 2.60. The lowest BCUT2D eigenvalue weighted by Crippen LogP contribution is -2.37. The van der Waals surface area contributed by atoms with E-state index in [1.165, 1.54) is 4.90 Å². The van der Waals surface area contributed by atoms with E-state index in [2.05, 4.69) is 63.7 Å². The number of hydrogen-bond donors (Lipinski definition) is 0. The molecule has 4 aromatic rings. The molecular weight excluding hydrogens is 836 g/mol. The Morgan fingerprint density at radius 3 is 2.11 bits per heavy atom. The zero-order valence-electron chi connectivity index (χ0n) is 23.7. The number of anilines is 1. The quantitative estimate of drug-likeness (QED) is 0.0844. The third-order valence-electron chi connectivity index (χ3n) is 9.20. The van der Waals surface area contributed by atoms with Crippen molar-refractivity contribution in [1.29, 1.82) is 0 Å². The normalized spacial score (nSPS) is 25.2. The molecule has 2 aliphatic carbocycles. The van der Waals surface area contributed by atoms with Crippen molar-refractivity contribution in [3.05, 3.63) is 92.4 Å². The number of halogens is 4. The second-order valence-corrected chi connectivity index (χ2v) is 15.7. The molecular formula is C34H24Br4N2O5. The van der Waals surface area contributed by atoms with Crippen LogP contribution < -0.4 is 4.90 Å². The van der Waals surface area contributed by atoms with Crippen LogP contribution in [0.2, 0.25) is 0 Å². The monoisotopic (exact) mass is 856 g/mol. The van der Waals surface area contributed by atoms with Crippen molar-refractivity contribution in [1.82, 2.24) is 4.98 Å². The number of fused-ring (bicyclic) bond motifs is 6. The number of rotatable bonds is 6. The van der Waals surface area contributed by atoms with Gasteiger partial charge in [-0.15, -0.1) is 0 Å². The fraction of sp³-hybridized carbons (Fsp3) is 0.265. The summed E-state index contributed by atoms with van der Waals surface area (Å²) in [4.78, 5) is 59.7. The first-order valence-electron chi connectivity index (χ1n) is 14.4. The zero-order chi connectivity index (χ0) is 31.7. The summed E-state index contributed by atoms with van der Waals surface area (Å²) >= 11 is 14.3. The Balaban J connectivity index is 1.18. The third-order valence-corrected chi connectivity index (χ3v) is 13.4. The molecule has 228 valence electrons. The van der Waals surface area contributed by atoms with Crippen LogP contribution in [0.3, 0.4) is 0 Å². The number of ether oxygens (including phenoxy) is 1. The minimum atomic E-state index is -0.646. The van der Waals surface area contributed by atoms with Gasteiger partial charge in [-0.25, -0.2) is 9.78 Å². The number of Topliss-reactive ketones (excluding diaryl/α,β-unsaturated/α-hetero) is 1. The van der Waals surface area contributed by atoms with E-state index in [-0.39, 0.29) is 56.5 Å². The lowest BCUT2D eigenvalue weighted by molar-refractivity contribution is -0.123. The van der Waals surface area contributed by atoms with Crippen LogP contribution in [0.4, 0.5) is 5.69 Å². The Morgan fingerprint density at radius 1 is 0.867 bits per heavy atom. The van der Waals surface area contributed by atoms with E-state index < -0.39 is 12.6 Å². The van der Waals surface area contributed by atoms with Gasteiger partial charge in [-0.2, -0.15) is 0 Å². The first kappa shape index (κ1) is 30.9. The molecule has 0 N–H and O–H groups in total. The van der Waals surface area contributed by atoms with Crippen molar-refractivity contribution in [2.45, 2.75) is 23.0 Å². The molecule has 7 rings (SSSR count). The molecule has 2 bridgehead atoms. The van der Waals surface area contributed by atoms with Crippen LogP contribution >= 0.6 is 63.7 Å². The molecule has 11 heteroatoms. The average Bonchev–Trinajstić information content (AvgIpc) is 3.64. The fourth-order valence-corrected chi connectivity index (χ4v) is 9.80. The number of benzene rings is 3. The van der Waals surface area contributed by atoms with Crippen LogP contribution in [0.15, 0.2) is 75.7 Å². The maximum Gasteiger partial charge on any atom is 0.339 e. The van der Waals surface area contributed by atoms with E-state index in [0.29, 0.717) is 33.4 Å². The molecule has 6 unspecified atom stereocenters. The molecule has 0 spiro atoms. The lowest BCUT2D eigenvalue weighted by atomic mass is 9.81. The number of esters is 1. The smallest absolute Gasteiger partial charge is 0.339 e. The maximum absolute atomic E-state index is 13.5. The molecule has 3 aromatic carbocycles. The molecule has 1 aromatic heterocycles. The number of aryl methyl sites for hydroxylation is 1. The van der Waals surface area contributed by atoms with Crippen LogP contribution in [-0.4, -0.2) is 44.8 Å². The number of pyridine rings is 1. The number of carbonyl (C=O) groups excluding carboxylic acids is 4. The molecule has 3 fully saturated rings. The average molecular weight is 860 g/mol. The predicted molar refractivity (Wildman–Crippen MR) is 185 cm³/mol. The van der Waals surface area contributed by atoms with E-state index in [4.69, 9.17) is 9.72 Å². The molecule has 0 radical (unpaired) electrons. The van der Waals surface area contributed by atoms with Crippen LogP contribution in [0, 0.1) is 30.6 Å². The van der Waals surface area contributed by atoms with Crippen LogP contribution in [0.5, 0.6) is 0 Å². The first-order chi connectivity index (χ1) is 21.5. The number of ketones is 1. The lowest BCUT2D eigenvalue weighted by Gasteiger charge is -2.28. The minimum Gasteiger partial charge on any atom is -0.454 e. The summed E-state index contributed by atoms with van der Waals surface area (Å²) < 4.78 is 7.13. The Kier molecular flexibility index (Phi) is 8.11. The Morgan fingerprint density at radius 2 is 1.49 bits per heavy atom. The van der Waals surface area contributed by atoms with Crippen molar-refractivity contribution in [3.63, 3.8) is 0 Å². The summed E-state index contributed by atoms with van der Waals surface area (Å²) in [6, 6.07) is 19.3. The van der Waals surface area contributed by atoms with E-state index in [0.717, 1.165) is 20.9 Å². The largest absolute Gasteiger partial charge is 0.454 e. The fourth-order valence-electron chi connectivity index (χ4n) is 7.09. The van der Waals surface area contributed by atoms with E-state index in [9.17, 15) is 19.2 Å². The number of alkyl halides is 2. The van der Waals surface area contributed by atoms with E-state index in [1.807, 2.05) is 13.0 Å². The second-order valence-electron chi connectivity index (χ2n) is 11.7. The van der Waals surface area contributed by atoms with Gasteiger partial charge < -0.3 is 4.74 Å². The molecule has 2 heterocycles. The summed E-state index contributed by atoms with van der Waals surface area (Å²) in [5, 5.41) is 0.591. The topological polar surface area (TPSA) is 93.6 Å². The van der Waals surface area contributed by atoms with Crippen molar-refractivity contribution in [2.24, 2.45) is 23.7 Å². The number of carbonyl (C=O) groups is 4. The van der Waals surface area contributed by atoms with Crippen molar-refractivity contribution < 1.29 is 23.9 Å². The standard InChI is InChI=1S/C34H24Br4N2O5/c1-15-10-19(36)11-21-22(34(44)45-14-26(41)17-2-6-18(35)7-3-17)13-25(39-31(15)21)16-4-8-20(9-5-16)40-32(42)27-23-12-24(28(27)33(40)43)30(38)29(23)37/h2-11,13,23-24,27-30H,12,14H2,1H3. The summed E-state index contributed by atoms with van der Waals surface area (Å²) in [6.07, 6.45) is 0.873. The second kappa shape index (κ2) is 11.8. The van der Waals surface area contributed by atoms with Gasteiger partial charge in [0.25, 0.3) is 0 Å². The summed E-state index contributed by atoms with van der Waals surface area (Å²) in [5.41, 5.74) is 3.92. The SMILES string of the molecule is Cc1cc(Br)cc2c(C(=O)OCC(=O)c3ccc(Br)cc3)cc(-c3ccc(N4C(=O)C5C6CC(C(Br)C6Br)C5C4=O)cc3)nc12. The number of hydrogen-bond acceptors (Lipinski definition) is 6. The molecule has 6 atom stereocenters. The Labute approximate surface area is 292 Å². The number of aromatic nitrogens is 1. The minimum absolute atomic E-state index is 0.137. The van der Waals surface area contributed by atoms with E-state index in [1.54, 1.807) is 60.7 Å². The van der Waals surface area contributed by atoms with E-state index >= 15 is 0 Å². The van der Waals surface area contributed by atoms with Crippen LogP contribution in [-0.2, 0) is 14.3 Å². The van der Waals surface area contributed by atoms with Gasteiger partial charge in [0, 0.05) is 35.1 Å². The van der Waals surface area contributed by atoms with Gasteiger partial charge in [0.2, 0.25) is 11.8 Å². The predicted octanol–water partition coefficient (Wildman–Crippen LogP) is 8.06. The molecule has 2 amide bonds. The molecule has 2 saturated carbocycles. The van der Waals surface area contributed by atoms with Crippen LogP contribution in [0.25, 0.3) is 22.2 Å². The number of nitrogens with zero attached hydrogens (tertiary/aromatic N) is 2. The molecule has 3 aliphatic rings. The Hall–Kier alpha value is -2.73. The highest BCUT2D eigenvalue weighted by atomic mass is 79.9. The number of amides is 2. The van der Waals surface area contributed by atoms with Crippen molar-refractivity contribution >= 4 is 104 Å². The van der Waals surface area contributed by atoms with Gasteiger partial charge in [0.1, 0.15) is 0 Å². The summed E-state index contributed by atoms with van der Waals surface area (Å²) in [5.74, 6) is -1.56. The van der Waals surface area contributed by atoms with Gasteiger partial charge in [-0.05, 0) is 73.2 Å². The summed E-state index contributed by atoms with van der Waals surface area (Å²) in [7, 11) is 0. The van der Waals surface area contributed by atoms with Crippen molar-refractivity contribution in [3.8, 4) is 11.3 Å². The summed E-state index contributed by atoms with van der Waals surface area (Å²) in [6.45, 7) is 1.50. The maximum atomic E-state index is 13.5. The van der Waals surface area contributed by atoms with Crippen molar-refractivity contribution in [2.75, 3.05) is 11.5 Å². The van der Waals surface area contributed by atoms with Gasteiger partial charge in [-0.3, -0.25) is 19.3 Å². The third kappa shape index (κ3) is 5.23. The van der Waals surface area contributed by atoms with Gasteiger partial charge >= 0.3 is 5.97 Å². The Bertz CT molecular complexity index is 1880. The first-order valence-corrected chi connectivity index (χ1v) is 17.8. The molecule has 1 saturated heterocycles. The van der Waals surface area contributed by atoms with Gasteiger partial charge in [0.15, 0.2) is 12.4 Å². The van der Waals surface area contributed by atoms with Gasteiger partial charge in [-0.1, -0.05) is 88.0 Å². The highest BCUT2D eigenvalue weighted by Gasteiger charge is 2.66. The van der Waals surface area contributed by atoms with Gasteiger partial charge in [0.05, 0.1) is 34.3 Å². The number of imide groups is 1. The highest BCUT2D eigenvalue weighted by molar-refractivity contribution is 9.12. The zero-order valence-corrected chi connectivity index (χ0v) is 30.0. The molecule has 1 aliphatic heterocycles. The van der Waals surface area contributed by atoms with Crippen LogP contribution in [0.1, 0.15) is 32.7 Å².